The Labute approximate surface area is 396 Å². The summed E-state index contributed by atoms with van der Waals surface area (Å²) in [7, 11) is 0. The molecule has 6 heterocycles. The number of benzene rings is 4. The van der Waals surface area contributed by atoms with Crippen molar-refractivity contribution >= 4 is 72.7 Å². The molecule has 23 heteroatoms. The largest absolute Gasteiger partial charge is 0.573 e. The summed E-state index contributed by atoms with van der Waals surface area (Å²) in [5.74, 6) is -0.193. The molecule has 0 bridgehead atoms. The van der Waals surface area contributed by atoms with E-state index in [0.717, 1.165) is 44.4 Å². The van der Waals surface area contributed by atoms with Crippen molar-refractivity contribution in [3.8, 4) is 11.5 Å². The highest BCUT2D eigenvalue weighted by Crippen LogP contribution is 2.35. The third kappa shape index (κ3) is 10.6. The van der Waals surface area contributed by atoms with Gasteiger partial charge in [-0.1, -0.05) is 59.6 Å². The maximum absolute atomic E-state index is 13.2. The Morgan fingerprint density at radius 3 is 1.62 bits per heavy atom. The number of hydrogen-bond donors (Lipinski definition) is 3. The Balaban J connectivity index is 0.000000172. The normalized spacial score (nSPS) is 16.4. The molecule has 10 rings (SSSR count). The van der Waals surface area contributed by atoms with E-state index in [-0.39, 0.29) is 69.6 Å². The first-order valence-corrected chi connectivity index (χ1v) is 22.5. The molecule has 4 aromatic heterocycles. The van der Waals surface area contributed by atoms with Crippen molar-refractivity contribution in [2.24, 2.45) is 0 Å². The van der Waals surface area contributed by atoms with E-state index < -0.39 is 24.2 Å². The van der Waals surface area contributed by atoms with Crippen LogP contribution in [0.4, 0.5) is 26.3 Å². The number of fused-ring (bicyclic) bond motifs is 4. The van der Waals surface area contributed by atoms with Crippen LogP contribution < -0.4 is 25.9 Å². The number of amides is 1. The fraction of sp³-hybridized carbons (Fsp3) is 0.326. The Morgan fingerprint density at radius 1 is 0.696 bits per heavy atom. The van der Waals surface area contributed by atoms with Crippen molar-refractivity contribution in [3.05, 3.63) is 127 Å². The van der Waals surface area contributed by atoms with Gasteiger partial charge in [-0.05, 0) is 56.5 Å². The Hall–Kier alpha value is -6.71. The number of alkyl halides is 6. The molecule has 69 heavy (non-hydrogen) atoms. The number of likely N-dealkylation sites (tertiary alicyclic amines) is 1. The van der Waals surface area contributed by atoms with E-state index >= 15 is 0 Å². The van der Waals surface area contributed by atoms with Gasteiger partial charge in [0.2, 0.25) is 5.91 Å². The number of carbonyl (C=O) groups is 1. The number of ether oxygens (including phenoxy) is 2. The summed E-state index contributed by atoms with van der Waals surface area (Å²) in [6.45, 7) is 3.81. The van der Waals surface area contributed by atoms with Crippen molar-refractivity contribution < 1.29 is 40.6 Å². The zero-order chi connectivity index (χ0) is 48.8. The van der Waals surface area contributed by atoms with E-state index in [1.807, 2.05) is 12.1 Å². The SMILES string of the molecule is CC(=O)N1CCCC1Cn1nc(Cc2nc3cc(OC(F)(F)F)c(Cl)cc3[nH]2)c2ccccc2c1=O.O=c1c2ccccc2c(Cc2nc3cc(OC(F)(F)F)c(Cl)cc3[nH]2)nn1CC1CCCN1. The van der Waals surface area contributed by atoms with Crippen LogP contribution >= 0.6 is 23.2 Å². The predicted octanol–water partition coefficient (Wildman–Crippen LogP) is 8.59. The molecule has 2 aliphatic heterocycles. The third-order valence-electron chi connectivity index (χ3n) is 11.9. The molecule has 2 unspecified atom stereocenters. The minimum atomic E-state index is -4.88. The lowest BCUT2D eigenvalue weighted by atomic mass is 10.1. The quantitative estimate of drug-likeness (QED) is 0.113. The summed E-state index contributed by atoms with van der Waals surface area (Å²) in [5.41, 5.74) is 2.22. The van der Waals surface area contributed by atoms with E-state index in [4.69, 9.17) is 23.2 Å². The zero-order valence-corrected chi connectivity index (χ0v) is 37.9. The number of aromatic nitrogens is 8. The molecule has 1 amide bonds. The summed E-state index contributed by atoms with van der Waals surface area (Å²) < 4.78 is 86.8. The van der Waals surface area contributed by atoms with Crippen molar-refractivity contribution in [1.82, 2.24) is 49.7 Å². The molecule has 0 spiro atoms. The lowest BCUT2D eigenvalue weighted by molar-refractivity contribution is -0.275. The number of H-pyrrole nitrogens is 2. The number of nitrogens with one attached hydrogen (secondary N) is 3. The van der Waals surface area contributed by atoms with Crippen molar-refractivity contribution in [3.63, 3.8) is 0 Å². The fourth-order valence-corrected chi connectivity index (χ4v) is 9.30. The number of rotatable bonds is 10. The maximum Gasteiger partial charge on any atom is 0.573 e. The van der Waals surface area contributed by atoms with Gasteiger partial charge in [-0.3, -0.25) is 14.4 Å². The summed E-state index contributed by atoms with van der Waals surface area (Å²) in [6.07, 6.45) is -5.64. The van der Waals surface area contributed by atoms with Gasteiger partial charge in [-0.15, -0.1) is 26.3 Å². The van der Waals surface area contributed by atoms with E-state index in [9.17, 15) is 40.7 Å². The van der Waals surface area contributed by atoms with Gasteiger partial charge in [0.15, 0.2) is 0 Å². The molecule has 15 nitrogen and oxygen atoms in total. The second-order valence-electron chi connectivity index (χ2n) is 16.7. The topological polar surface area (TPSA) is 178 Å². The second-order valence-corrected chi connectivity index (χ2v) is 17.5. The van der Waals surface area contributed by atoms with E-state index in [1.165, 1.54) is 28.4 Å². The monoisotopic (exact) mass is 996 g/mol. The van der Waals surface area contributed by atoms with Crippen LogP contribution in [-0.2, 0) is 30.7 Å². The first kappa shape index (κ1) is 47.4. The number of carbonyl (C=O) groups excluding carboxylic acids is 1. The Morgan fingerprint density at radius 2 is 1.17 bits per heavy atom. The summed E-state index contributed by atoms with van der Waals surface area (Å²) in [5, 5.41) is 14.6. The molecular formula is C46H40Cl2F6N10O5. The molecular weight excluding hydrogens is 957 g/mol. The van der Waals surface area contributed by atoms with Crippen LogP contribution in [0.1, 0.15) is 55.6 Å². The van der Waals surface area contributed by atoms with Gasteiger partial charge in [0.05, 0.1) is 86.2 Å². The highest BCUT2D eigenvalue weighted by molar-refractivity contribution is 6.33. The molecule has 0 saturated carbocycles. The van der Waals surface area contributed by atoms with Crippen LogP contribution in [0.25, 0.3) is 43.6 Å². The lowest BCUT2D eigenvalue weighted by Crippen LogP contribution is -2.39. The van der Waals surface area contributed by atoms with E-state index in [2.05, 4.69) is 44.9 Å². The van der Waals surface area contributed by atoms with Crippen molar-refractivity contribution in [1.29, 1.82) is 0 Å². The first-order valence-electron chi connectivity index (χ1n) is 21.7. The van der Waals surface area contributed by atoms with Gasteiger partial charge >= 0.3 is 12.7 Å². The number of hydrogen-bond acceptors (Lipinski definition) is 10. The lowest BCUT2D eigenvalue weighted by Gasteiger charge is -2.23. The van der Waals surface area contributed by atoms with Gasteiger partial charge in [-0.25, -0.2) is 19.3 Å². The second kappa shape index (κ2) is 19.0. The average molecular weight is 998 g/mol. The van der Waals surface area contributed by atoms with Gasteiger partial charge in [-0.2, -0.15) is 10.2 Å². The Bertz CT molecular complexity index is 3370. The molecule has 4 aromatic carbocycles. The minimum absolute atomic E-state index is 0.0404. The predicted molar refractivity (Wildman–Crippen MR) is 245 cm³/mol. The van der Waals surface area contributed by atoms with Crippen LogP contribution in [0.5, 0.6) is 11.5 Å². The molecule has 2 fully saturated rings. The molecule has 8 aromatic rings. The van der Waals surface area contributed by atoms with Gasteiger partial charge in [0, 0.05) is 42.4 Å². The van der Waals surface area contributed by atoms with E-state index in [1.54, 1.807) is 41.3 Å². The highest BCUT2D eigenvalue weighted by Gasteiger charge is 2.34. The van der Waals surface area contributed by atoms with E-state index in [0.29, 0.717) is 68.7 Å². The molecule has 0 radical (unpaired) electrons. The number of nitrogens with zero attached hydrogens (tertiary/aromatic N) is 7. The van der Waals surface area contributed by atoms with Crippen LogP contribution in [0, 0.1) is 0 Å². The molecule has 360 valence electrons. The standard InChI is InChI=1S/C24H21ClF3N5O3.C22H19ClF3N5O2/c1-13(34)32-8-4-5-14(32)12-33-23(35)16-7-3-2-6-15(16)18(31-33)11-22-29-19-9-17(25)21(10-20(19)30-22)36-24(26,27)28;23-15-8-17-18(9-19(15)33-22(24,25)26)29-20(28-17)10-16-13-5-1-2-6-14(13)21(32)31(30-16)11-12-4-3-7-27-12/h2-3,6-7,9-10,14H,4-5,8,11-12H2,1H3,(H,29,30);1-2,5-6,8-9,12,27H,3-4,7,10-11H2,(H,28,29). The molecule has 2 atom stereocenters. The smallest absolute Gasteiger partial charge is 0.404 e. The van der Waals surface area contributed by atoms with Gasteiger partial charge in [0.1, 0.15) is 23.1 Å². The van der Waals surface area contributed by atoms with Crippen LogP contribution in [0.15, 0.2) is 82.4 Å². The number of aromatic amines is 2. The summed E-state index contributed by atoms with van der Waals surface area (Å²) in [6, 6.07) is 19.3. The van der Waals surface area contributed by atoms with Crippen LogP contribution in [-0.4, -0.2) is 88.2 Å². The van der Waals surface area contributed by atoms with Crippen LogP contribution in [0.3, 0.4) is 0 Å². The minimum Gasteiger partial charge on any atom is -0.404 e. The fourth-order valence-electron chi connectivity index (χ4n) is 8.90. The summed E-state index contributed by atoms with van der Waals surface area (Å²) in [4.78, 5) is 54.8. The maximum atomic E-state index is 13.2. The molecule has 3 N–H and O–H groups in total. The summed E-state index contributed by atoms with van der Waals surface area (Å²) >= 11 is 11.9. The van der Waals surface area contributed by atoms with Crippen molar-refractivity contribution in [2.45, 2.75) is 83.3 Å². The highest BCUT2D eigenvalue weighted by atomic mass is 35.5. The molecule has 2 saturated heterocycles. The average Bonchev–Trinajstić information content (AvgIpc) is 4.12. The van der Waals surface area contributed by atoms with Gasteiger partial charge < -0.3 is 29.7 Å². The van der Waals surface area contributed by atoms with Crippen LogP contribution in [0.2, 0.25) is 10.0 Å². The zero-order valence-electron chi connectivity index (χ0n) is 36.3. The number of imidazole rings is 2. The molecule has 0 aliphatic carbocycles. The number of halogens is 8. The third-order valence-corrected chi connectivity index (χ3v) is 12.5. The van der Waals surface area contributed by atoms with Gasteiger partial charge in [0.25, 0.3) is 11.1 Å². The first-order chi connectivity index (χ1) is 32.9. The molecule has 2 aliphatic rings. The Kier molecular flexibility index (Phi) is 13.0. The van der Waals surface area contributed by atoms with Crippen molar-refractivity contribution in [2.75, 3.05) is 13.1 Å².